The smallest absolute Gasteiger partial charge is 0.356 e. The first kappa shape index (κ1) is 40.0. The van der Waals surface area contributed by atoms with Crippen LogP contribution in [-0.4, -0.2) is 138 Å². The summed E-state index contributed by atoms with van der Waals surface area (Å²) in [7, 11) is 0. The van der Waals surface area contributed by atoms with Crippen molar-refractivity contribution in [3.63, 3.8) is 0 Å². The van der Waals surface area contributed by atoms with Crippen molar-refractivity contribution in [2.45, 2.75) is 168 Å². The highest BCUT2D eigenvalue weighted by Gasteiger charge is 2.51. The van der Waals surface area contributed by atoms with E-state index in [0.29, 0.717) is 0 Å². The fourth-order valence-electron chi connectivity index (χ4n) is 5.22. The summed E-state index contributed by atoms with van der Waals surface area (Å²) in [5, 5.41) is 86.2. The summed E-state index contributed by atoms with van der Waals surface area (Å²) >= 11 is 0. The Bertz CT molecular complexity index is 850. The van der Waals surface area contributed by atoms with Crippen LogP contribution in [0.1, 0.15) is 76.2 Å². The molecule has 13 nitrogen and oxygen atoms in total. The Hall–Kier alpha value is -0.990. The van der Waals surface area contributed by atoms with Gasteiger partial charge in [-0.25, -0.2) is 6.57 Å². The second kappa shape index (κ2) is 15.1. The van der Waals surface area contributed by atoms with E-state index in [-0.39, 0.29) is 10.8 Å². The molecule has 9 N–H and O–H groups in total. The van der Waals surface area contributed by atoms with E-state index in [1.807, 2.05) is 62.3 Å². The fraction of sp³-hybridized carbons (Fsp3) is 0.967. The molecule has 3 aliphatic rings. The van der Waals surface area contributed by atoms with Gasteiger partial charge in [-0.15, -0.1) is 0 Å². The molecule has 0 bridgehead atoms. The quantitative estimate of drug-likeness (QED) is 0.157. The zero-order valence-corrected chi connectivity index (χ0v) is 27.4. The minimum Gasteiger partial charge on any atom is -0.388 e. The molecule has 254 valence electrons. The molecule has 3 aliphatic heterocycles. The molecule has 0 aromatic carbocycles. The van der Waals surface area contributed by atoms with Gasteiger partial charge in [-0.1, -0.05) is 62.3 Å². The highest BCUT2D eigenvalue weighted by molar-refractivity contribution is 4.99. The maximum atomic E-state index is 9.73. The lowest BCUT2D eigenvalue weighted by molar-refractivity contribution is -0.239. The summed E-state index contributed by atoms with van der Waals surface area (Å²) in [6.45, 7) is 27.3. The lowest BCUT2D eigenvalue weighted by atomic mass is 9.80. The Kier molecular flexibility index (Phi) is 14.0. The molecular weight excluding hydrogens is 566 g/mol. The van der Waals surface area contributed by atoms with E-state index in [9.17, 15) is 46.0 Å². The van der Waals surface area contributed by atoms with E-state index in [0.717, 1.165) is 0 Å². The van der Waals surface area contributed by atoms with Gasteiger partial charge in [-0.05, 0) is 30.1 Å². The predicted molar refractivity (Wildman–Crippen MR) is 156 cm³/mol. The summed E-state index contributed by atoms with van der Waals surface area (Å²) in [5.41, 5.74) is -0.910. The van der Waals surface area contributed by atoms with Crippen LogP contribution in [0.4, 0.5) is 0 Å². The normalized spacial score (nSPS) is 44.2. The number of hydrogen-bond donors (Lipinski definition) is 9. The second-order valence-corrected chi connectivity index (χ2v) is 15.1. The van der Waals surface area contributed by atoms with Gasteiger partial charge in [0.1, 0.15) is 48.8 Å². The summed E-state index contributed by atoms with van der Waals surface area (Å²) in [6, 6.07) is 0. The average molecular weight is 624 g/mol. The summed E-state index contributed by atoms with van der Waals surface area (Å²) in [6.07, 6.45) is -13.7. The van der Waals surface area contributed by atoms with Gasteiger partial charge >= 0.3 is 6.23 Å². The van der Waals surface area contributed by atoms with Crippen molar-refractivity contribution in [1.29, 1.82) is 0 Å². The van der Waals surface area contributed by atoms with Gasteiger partial charge in [0.2, 0.25) is 0 Å². The van der Waals surface area contributed by atoms with Crippen molar-refractivity contribution in [3.05, 3.63) is 11.4 Å². The van der Waals surface area contributed by atoms with Crippen molar-refractivity contribution in [2.24, 2.45) is 16.2 Å². The number of ether oxygens (including phenoxy) is 3. The minimum atomic E-state index is -1.35. The third kappa shape index (κ3) is 10.00. The topological polar surface area (TPSA) is 214 Å². The van der Waals surface area contributed by atoms with Crippen LogP contribution in [0.15, 0.2) is 0 Å². The molecule has 43 heavy (non-hydrogen) atoms. The van der Waals surface area contributed by atoms with Crippen molar-refractivity contribution in [3.8, 4) is 0 Å². The van der Waals surface area contributed by atoms with Crippen LogP contribution in [0, 0.1) is 22.8 Å². The SMILES string of the molecule is CC1OC(C(C)(C)C)C(O)C(O)C1O.CC1OC(C(C)(C)C)C(O)C(O)C1O.[C-]#[N+]C1OC(C(C)(C)C)C(O)C(O)C1O. The number of rotatable bonds is 0. The molecule has 13 heteroatoms. The number of aliphatic hydroxyl groups is 9. The Morgan fingerprint density at radius 1 is 0.419 bits per heavy atom. The van der Waals surface area contributed by atoms with Gasteiger partial charge in [-0.2, -0.15) is 0 Å². The summed E-state index contributed by atoms with van der Waals surface area (Å²) < 4.78 is 16.3. The lowest BCUT2D eigenvalue weighted by Gasteiger charge is -2.44. The maximum Gasteiger partial charge on any atom is 0.356 e. The summed E-state index contributed by atoms with van der Waals surface area (Å²) in [4.78, 5) is 3.08. The van der Waals surface area contributed by atoms with E-state index in [4.69, 9.17) is 20.8 Å². The van der Waals surface area contributed by atoms with Crippen molar-refractivity contribution < 1.29 is 60.2 Å². The predicted octanol–water partition coefficient (Wildman–Crippen LogP) is -0.436. The zero-order chi connectivity index (χ0) is 34.0. The Morgan fingerprint density at radius 3 is 0.930 bits per heavy atom. The van der Waals surface area contributed by atoms with E-state index in [1.165, 1.54) is 0 Å². The minimum absolute atomic E-state index is 0.255. The van der Waals surface area contributed by atoms with Crippen LogP contribution in [0.2, 0.25) is 0 Å². The highest BCUT2D eigenvalue weighted by Crippen LogP contribution is 2.35. The van der Waals surface area contributed by atoms with E-state index < -0.39 is 97.1 Å². The van der Waals surface area contributed by atoms with Crippen LogP contribution in [0.3, 0.4) is 0 Å². The fourth-order valence-corrected chi connectivity index (χ4v) is 5.22. The third-order valence-corrected chi connectivity index (χ3v) is 7.98. The molecule has 3 heterocycles. The molecule has 3 rings (SSSR count). The number of aliphatic hydroxyl groups excluding tert-OH is 9. The van der Waals surface area contributed by atoms with Gasteiger partial charge < -0.3 is 60.2 Å². The van der Waals surface area contributed by atoms with Crippen LogP contribution in [-0.2, 0) is 14.2 Å². The van der Waals surface area contributed by atoms with E-state index in [2.05, 4.69) is 4.85 Å². The van der Waals surface area contributed by atoms with Crippen molar-refractivity contribution >= 4 is 0 Å². The van der Waals surface area contributed by atoms with Crippen LogP contribution >= 0.6 is 0 Å². The molecule has 3 saturated heterocycles. The molecule has 0 radical (unpaired) electrons. The molecule has 0 aromatic rings. The summed E-state index contributed by atoms with van der Waals surface area (Å²) in [5.74, 6) is 0. The molecule has 0 aromatic heterocycles. The largest absolute Gasteiger partial charge is 0.388 e. The second-order valence-electron chi connectivity index (χ2n) is 15.1. The molecule has 0 aliphatic carbocycles. The van der Waals surface area contributed by atoms with Crippen LogP contribution in [0.5, 0.6) is 0 Å². The zero-order valence-electron chi connectivity index (χ0n) is 27.4. The first-order valence-electron chi connectivity index (χ1n) is 14.7. The number of nitrogens with zero attached hydrogens (tertiary/aromatic N) is 1. The molecule has 0 spiro atoms. The standard InChI is InChI=1S/C10H17NO4.2C10H20O4/c1-10(2,3)8-6(13)5(12)7(14)9(11-4)15-8;2*1-5-6(11)7(12)8(13)9(14-5)10(2,3)4/h5-9,12-14H,1-3H3;2*5-9,11-13H,1-4H3. The molecule has 0 amide bonds. The van der Waals surface area contributed by atoms with Crippen molar-refractivity contribution in [1.82, 2.24) is 0 Å². The highest BCUT2D eigenvalue weighted by atomic mass is 16.6. The third-order valence-electron chi connectivity index (χ3n) is 7.98. The first-order valence-corrected chi connectivity index (χ1v) is 14.7. The van der Waals surface area contributed by atoms with E-state index in [1.54, 1.807) is 13.8 Å². The first-order chi connectivity index (χ1) is 19.3. The molecule has 3 fully saturated rings. The van der Waals surface area contributed by atoms with Gasteiger partial charge in [0.25, 0.3) is 0 Å². The molecule has 15 atom stereocenters. The Labute approximate surface area is 255 Å². The van der Waals surface area contributed by atoms with Gasteiger partial charge in [0, 0.05) is 0 Å². The van der Waals surface area contributed by atoms with Gasteiger partial charge in [0.15, 0.2) is 6.10 Å². The average Bonchev–Trinajstić information content (AvgIpc) is 2.88. The van der Waals surface area contributed by atoms with Crippen LogP contribution < -0.4 is 0 Å². The molecule has 0 saturated carbocycles. The maximum absolute atomic E-state index is 9.73. The molecule has 15 unspecified atom stereocenters. The Morgan fingerprint density at radius 2 is 0.674 bits per heavy atom. The Balaban J connectivity index is 0.000000323. The van der Waals surface area contributed by atoms with Crippen LogP contribution in [0.25, 0.3) is 4.85 Å². The lowest BCUT2D eigenvalue weighted by Crippen LogP contribution is -2.59. The monoisotopic (exact) mass is 623 g/mol. The van der Waals surface area contributed by atoms with E-state index >= 15 is 0 Å². The van der Waals surface area contributed by atoms with Crippen molar-refractivity contribution in [2.75, 3.05) is 0 Å². The number of hydrogen-bond acceptors (Lipinski definition) is 12. The van der Waals surface area contributed by atoms with Gasteiger partial charge in [0.05, 0.1) is 30.5 Å². The molecular formula is C30H57NO12. The van der Waals surface area contributed by atoms with Gasteiger partial charge in [-0.3, -0.25) is 4.85 Å².